The summed E-state index contributed by atoms with van der Waals surface area (Å²) in [5.74, 6) is 1.14. The summed E-state index contributed by atoms with van der Waals surface area (Å²) in [7, 11) is 0. The second kappa shape index (κ2) is 9.84. The van der Waals surface area contributed by atoms with Gasteiger partial charge < -0.3 is 19.7 Å². The van der Waals surface area contributed by atoms with Crippen LogP contribution >= 0.6 is 0 Å². The molecule has 2 fully saturated rings. The number of benzene rings is 1. The fraction of sp³-hybridized carbons (Fsp3) is 0.654. The molecule has 1 aromatic carbocycles. The van der Waals surface area contributed by atoms with E-state index in [4.69, 9.17) is 4.74 Å². The highest BCUT2D eigenvalue weighted by atomic mass is 16.6. The van der Waals surface area contributed by atoms with E-state index in [9.17, 15) is 9.90 Å². The number of hydrogen-bond acceptors (Lipinski definition) is 4. The number of amides is 1. The lowest BCUT2D eigenvalue weighted by molar-refractivity contribution is 0.0151. The zero-order valence-corrected chi connectivity index (χ0v) is 19.8. The molecule has 1 atom stereocenters. The third kappa shape index (κ3) is 5.46. The number of nitrogens with one attached hydrogen (secondary N) is 1. The van der Waals surface area contributed by atoms with Crippen LogP contribution in [-0.2, 0) is 4.74 Å². The summed E-state index contributed by atoms with van der Waals surface area (Å²) >= 11 is 0. The fourth-order valence-electron chi connectivity index (χ4n) is 5.41. The van der Waals surface area contributed by atoms with E-state index in [2.05, 4.69) is 40.3 Å². The number of likely N-dealkylation sites (tertiary alicyclic amines) is 2. The summed E-state index contributed by atoms with van der Waals surface area (Å²) in [5, 5.41) is 11.5. The Labute approximate surface area is 191 Å². The van der Waals surface area contributed by atoms with Gasteiger partial charge in [0.2, 0.25) is 0 Å². The summed E-state index contributed by atoms with van der Waals surface area (Å²) in [6.45, 7) is 9.50. The van der Waals surface area contributed by atoms with Crippen molar-refractivity contribution in [2.24, 2.45) is 5.92 Å². The quantitative estimate of drug-likeness (QED) is 0.703. The normalized spacial score (nSPS) is 20.6. The van der Waals surface area contributed by atoms with Crippen LogP contribution in [0.5, 0.6) is 0 Å². The van der Waals surface area contributed by atoms with Crippen LogP contribution in [0.3, 0.4) is 0 Å². The molecule has 0 radical (unpaired) electrons. The van der Waals surface area contributed by atoms with Gasteiger partial charge in [-0.25, -0.2) is 4.79 Å². The fourth-order valence-corrected chi connectivity index (χ4v) is 5.41. The van der Waals surface area contributed by atoms with E-state index in [-0.39, 0.29) is 18.7 Å². The number of carbonyl (C=O) groups excluding carboxylic acids is 1. The molecule has 1 amide bonds. The Morgan fingerprint density at radius 2 is 1.81 bits per heavy atom. The first kappa shape index (κ1) is 23.1. The minimum Gasteiger partial charge on any atom is -0.444 e. The SMILES string of the molecule is CC(C)(C)OC(=O)N1CCC(CC(CO)N2CCC(c3c[nH]c4ccccc34)CC2)CC1. The molecule has 32 heavy (non-hydrogen) atoms. The number of hydrogen-bond donors (Lipinski definition) is 2. The molecular weight excluding hydrogens is 402 g/mol. The molecule has 2 N–H and O–H groups in total. The topological polar surface area (TPSA) is 68.8 Å². The van der Waals surface area contributed by atoms with Gasteiger partial charge >= 0.3 is 6.09 Å². The van der Waals surface area contributed by atoms with Gasteiger partial charge in [0.25, 0.3) is 0 Å². The number of aliphatic hydroxyl groups is 1. The maximum absolute atomic E-state index is 12.3. The van der Waals surface area contributed by atoms with Gasteiger partial charge in [-0.05, 0) is 89.4 Å². The number of aromatic nitrogens is 1. The van der Waals surface area contributed by atoms with Crippen LogP contribution in [0.4, 0.5) is 4.79 Å². The number of H-pyrrole nitrogens is 1. The predicted molar refractivity (Wildman–Crippen MR) is 128 cm³/mol. The third-order valence-electron chi connectivity index (χ3n) is 7.19. The number of para-hydroxylation sites is 1. The molecule has 4 rings (SSSR count). The highest BCUT2D eigenvalue weighted by Gasteiger charge is 2.31. The van der Waals surface area contributed by atoms with Crippen LogP contribution in [0, 0.1) is 5.92 Å². The Hall–Kier alpha value is -2.05. The van der Waals surface area contributed by atoms with Crippen molar-refractivity contribution in [2.75, 3.05) is 32.8 Å². The predicted octanol–water partition coefficient (Wildman–Crippen LogP) is 4.75. The Balaban J connectivity index is 1.26. The van der Waals surface area contributed by atoms with Crippen molar-refractivity contribution in [1.82, 2.24) is 14.8 Å². The summed E-state index contributed by atoms with van der Waals surface area (Å²) in [6.07, 6.45) is 7.24. The summed E-state index contributed by atoms with van der Waals surface area (Å²) < 4.78 is 5.51. The van der Waals surface area contributed by atoms with Crippen molar-refractivity contribution in [3.63, 3.8) is 0 Å². The molecule has 3 heterocycles. The summed E-state index contributed by atoms with van der Waals surface area (Å²) in [5.41, 5.74) is 2.21. The van der Waals surface area contributed by atoms with Crippen LogP contribution in [0.25, 0.3) is 10.9 Å². The Bertz CT molecular complexity index is 887. The zero-order chi connectivity index (χ0) is 22.7. The number of carbonyl (C=O) groups is 1. The molecule has 1 unspecified atom stereocenters. The number of aliphatic hydroxyl groups excluding tert-OH is 1. The second-order valence-corrected chi connectivity index (χ2v) is 10.6. The lowest BCUT2D eigenvalue weighted by Gasteiger charge is -2.40. The first-order valence-electron chi connectivity index (χ1n) is 12.2. The average molecular weight is 442 g/mol. The van der Waals surface area contributed by atoms with Gasteiger partial charge in [0.1, 0.15) is 5.60 Å². The van der Waals surface area contributed by atoms with Crippen LogP contribution in [-0.4, -0.2) is 70.4 Å². The molecule has 176 valence electrons. The maximum atomic E-state index is 12.3. The van der Waals surface area contributed by atoms with E-state index in [1.54, 1.807) is 0 Å². The van der Waals surface area contributed by atoms with E-state index < -0.39 is 5.60 Å². The van der Waals surface area contributed by atoms with E-state index in [0.29, 0.717) is 11.8 Å². The van der Waals surface area contributed by atoms with Crippen LogP contribution in [0.1, 0.15) is 64.4 Å². The number of piperidine rings is 2. The van der Waals surface area contributed by atoms with Crippen LogP contribution in [0.15, 0.2) is 30.5 Å². The molecule has 1 aromatic heterocycles. The molecule has 2 saturated heterocycles. The monoisotopic (exact) mass is 441 g/mol. The highest BCUT2D eigenvalue weighted by Crippen LogP contribution is 2.34. The zero-order valence-electron chi connectivity index (χ0n) is 19.8. The largest absolute Gasteiger partial charge is 0.444 e. The highest BCUT2D eigenvalue weighted by molar-refractivity contribution is 5.83. The molecule has 6 heteroatoms. The lowest BCUT2D eigenvalue weighted by atomic mass is 9.86. The molecular formula is C26H39N3O3. The molecule has 0 spiro atoms. The Morgan fingerprint density at radius 3 is 2.47 bits per heavy atom. The number of ether oxygens (including phenoxy) is 1. The molecule has 0 saturated carbocycles. The smallest absolute Gasteiger partial charge is 0.410 e. The van der Waals surface area contributed by atoms with Crippen molar-refractivity contribution in [3.05, 3.63) is 36.0 Å². The van der Waals surface area contributed by atoms with Gasteiger partial charge in [-0.3, -0.25) is 4.90 Å². The van der Waals surface area contributed by atoms with Crippen molar-refractivity contribution < 1.29 is 14.6 Å². The third-order valence-corrected chi connectivity index (χ3v) is 7.19. The van der Waals surface area contributed by atoms with Crippen molar-refractivity contribution in [1.29, 1.82) is 0 Å². The van der Waals surface area contributed by atoms with Crippen molar-refractivity contribution in [3.8, 4) is 0 Å². The first-order valence-corrected chi connectivity index (χ1v) is 12.2. The van der Waals surface area contributed by atoms with E-state index in [0.717, 1.165) is 58.3 Å². The Morgan fingerprint density at radius 1 is 1.12 bits per heavy atom. The average Bonchev–Trinajstić information content (AvgIpc) is 3.21. The van der Waals surface area contributed by atoms with Gasteiger partial charge in [0.05, 0.1) is 6.61 Å². The maximum Gasteiger partial charge on any atom is 0.410 e. The number of fused-ring (bicyclic) bond motifs is 1. The molecule has 2 aliphatic rings. The Kier molecular flexibility index (Phi) is 7.11. The molecule has 2 aliphatic heterocycles. The number of nitrogens with zero attached hydrogens (tertiary/aromatic N) is 2. The lowest BCUT2D eigenvalue weighted by Crippen LogP contribution is -2.46. The molecule has 2 aromatic rings. The standard InChI is InChI=1S/C26H39N3O3/c1-26(2,3)32-25(31)29-12-8-19(9-13-29)16-21(18-30)28-14-10-20(11-15-28)23-17-27-24-7-5-4-6-22(23)24/h4-7,17,19-21,27,30H,8-16,18H2,1-3H3. The first-order chi connectivity index (χ1) is 15.3. The van der Waals surface area contributed by atoms with Crippen LogP contribution in [0.2, 0.25) is 0 Å². The molecule has 0 aliphatic carbocycles. The minimum atomic E-state index is -0.450. The van der Waals surface area contributed by atoms with E-state index in [1.165, 1.54) is 16.5 Å². The molecule has 6 nitrogen and oxygen atoms in total. The van der Waals surface area contributed by atoms with Gasteiger partial charge in [-0.15, -0.1) is 0 Å². The number of aromatic amines is 1. The van der Waals surface area contributed by atoms with Crippen molar-refractivity contribution >= 4 is 17.0 Å². The van der Waals surface area contributed by atoms with Gasteiger partial charge in [-0.1, -0.05) is 18.2 Å². The van der Waals surface area contributed by atoms with E-state index in [1.807, 2.05) is 25.7 Å². The summed E-state index contributed by atoms with van der Waals surface area (Å²) in [6, 6.07) is 8.77. The van der Waals surface area contributed by atoms with E-state index >= 15 is 0 Å². The number of rotatable bonds is 5. The summed E-state index contributed by atoms with van der Waals surface area (Å²) in [4.78, 5) is 20.1. The van der Waals surface area contributed by atoms with Crippen molar-refractivity contribution in [2.45, 2.75) is 70.4 Å². The van der Waals surface area contributed by atoms with Crippen LogP contribution < -0.4 is 0 Å². The molecule has 0 bridgehead atoms. The van der Waals surface area contributed by atoms with Gasteiger partial charge in [0, 0.05) is 36.2 Å². The minimum absolute atomic E-state index is 0.200. The van der Waals surface area contributed by atoms with Gasteiger partial charge in [-0.2, -0.15) is 0 Å². The van der Waals surface area contributed by atoms with Gasteiger partial charge in [0.15, 0.2) is 0 Å². The second-order valence-electron chi connectivity index (χ2n) is 10.6.